The minimum Gasteiger partial charge on any atom is -0.378 e. The first-order valence-electron chi connectivity index (χ1n) is 8.08. The van der Waals surface area contributed by atoms with Crippen LogP contribution in [0, 0.1) is 0 Å². The van der Waals surface area contributed by atoms with Crippen LogP contribution in [-0.4, -0.2) is 62.4 Å². The van der Waals surface area contributed by atoms with Gasteiger partial charge in [-0.2, -0.15) is 4.31 Å². The number of rotatable bonds is 4. The molecule has 2 aliphatic rings. The number of morpholine rings is 1. The highest BCUT2D eigenvalue weighted by Crippen LogP contribution is 2.25. The Morgan fingerprint density at radius 1 is 1.17 bits per heavy atom. The van der Waals surface area contributed by atoms with Crippen LogP contribution in [0.3, 0.4) is 0 Å². The highest BCUT2D eigenvalue weighted by Gasteiger charge is 2.40. The Morgan fingerprint density at radius 2 is 1.83 bits per heavy atom. The highest BCUT2D eigenvalue weighted by molar-refractivity contribution is 7.88. The molecule has 0 aliphatic carbocycles. The van der Waals surface area contributed by atoms with Crippen LogP contribution in [0.15, 0.2) is 24.3 Å². The fraction of sp³-hybridized carbons (Fsp3) is 0.562. The van der Waals surface area contributed by atoms with Crippen molar-refractivity contribution in [2.45, 2.75) is 24.6 Å². The summed E-state index contributed by atoms with van der Waals surface area (Å²) in [7, 11) is -3.55. The Balaban J connectivity index is 1.73. The molecule has 2 aliphatic heterocycles. The lowest BCUT2D eigenvalue weighted by Crippen LogP contribution is -2.51. The zero-order valence-electron chi connectivity index (χ0n) is 13.4. The van der Waals surface area contributed by atoms with Gasteiger partial charge in [0.25, 0.3) is 0 Å². The molecule has 24 heavy (non-hydrogen) atoms. The summed E-state index contributed by atoms with van der Waals surface area (Å²) in [5, 5.41) is 0.567. The van der Waals surface area contributed by atoms with Crippen molar-refractivity contribution in [3.8, 4) is 0 Å². The second kappa shape index (κ2) is 7.39. The van der Waals surface area contributed by atoms with Gasteiger partial charge in [-0.15, -0.1) is 0 Å². The number of benzene rings is 1. The predicted molar refractivity (Wildman–Crippen MR) is 91.2 cm³/mol. The normalized spacial score (nSPS) is 22.7. The van der Waals surface area contributed by atoms with E-state index in [1.165, 1.54) is 4.31 Å². The molecule has 0 unspecified atom stereocenters. The first kappa shape index (κ1) is 17.7. The van der Waals surface area contributed by atoms with Crippen LogP contribution in [0.25, 0.3) is 0 Å². The van der Waals surface area contributed by atoms with Gasteiger partial charge in [0, 0.05) is 24.7 Å². The van der Waals surface area contributed by atoms with Crippen molar-refractivity contribution in [2.75, 3.05) is 32.8 Å². The van der Waals surface area contributed by atoms with Gasteiger partial charge < -0.3 is 9.64 Å². The molecule has 0 aromatic heterocycles. The van der Waals surface area contributed by atoms with E-state index in [-0.39, 0.29) is 11.7 Å². The zero-order valence-corrected chi connectivity index (χ0v) is 14.9. The second-order valence-electron chi connectivity index (χ2n) is 6.09. The van der Waals surface area contributed by atoms with Crippen LogP contribution < -0.4 is 0 Å². The Hall–Kier alpha value is -1.15. The number of nitrogens with zero attached hydrogens (tertiary/aromatic N) is 2. The van der Waals surface area contributed by atoms with E-state index < -0.39 is 16.1 Å². The standard InChI is InChI=1S/C16H21ClN2O4S/c17-14-5-3-13(4-6-14)12-24(21,22)19-7-1-2-15(19)16(20)18-8-10-23-11-9-18/h3-6,15H,1-2,7-12H2/t15-/m0/s1. The number of carbonyl (C=O) groups excluding carboxylic acids is 1. The minimum atomic E-state index is -3.55. The quantitative estimate of drug-likeness (QED) is 0.803. The summed E-state index contributed by atoms with van der Waals surface area (Å²) in [6.45, 7) is 2.48. The van der Waals surface area contributed by atoms with Gasteiger partial charge in [-0.25, -0.2) is 8.42 Å². The maximum Gasteiger partial charge on any atom is 0.241 e. The van der Waals surface area contributed by atoms with Gasteiger partial charge in [0.15, 0.2) is 0 Å². The molecular weight excluding hydrogens is 352 g/mol. The molecule has 0 saturated carbocycles. The lowest BCUT2D eigenvalue weighted by atomic mass is 10.2. The molecule has 132 valence electrons. The third-order valence-electron chi connectivity index (χ3n) is 4.43. The van der Waals surface area contributed by atoms with Crippen molar-refractivity contribution >= 4 is 27.5 Å². The lowest BCUT2D eigenvalue weighted by molar-refractivity contribution is -0.138. The van der Waals surface area contributed by atoms with Crippen molar-refractivity contribution in [3.63, 3.8) is 0 Å². The molecule has 8 heteroatoms. The molecule has 2 fully saturated rings. The molecule has 1 amide bonds. The van der Waals surface area contributed by atoms with E-state index in [0.29, 0.717) is 56.3 Å². The third kappa shape index (κ3) is 3.91. The topological polar surface area (TPSA) is 66.9 Å². The second-order valence-corrected chi connectivity index (χ2v) is 8.45. The minimum absolute atomic E-state index is 0.101. The van der Waals surface area contributed by atoms with Crippen LogP contribution >= 0.6 is 11.6 Å². The summed E-state index contributed by atoms with van der Waals surface area (Å²) in [5.41, 5.74) is 0.670. The monoisotopic (exact) mass is 372 g/mol. The van der Waals surface area contributed by atoms with Crippen LogP contribution in [0.5, 0.6) is 0 Å². The molecular formula is C16H21ClN2O4S. The number of hydrogen-bond donors (Lipinski definition) is 0. The average molecular weight is 373 g/mol. The molecule has 0 radical (unpaired) electrons. The number of carbonyl (C=O) groups is 1. The van der Waals surface area contributed by atoms with Gasteiger partial charge in [0.05, 0.1) is 19.0 Å². The van der Waals surface area contributed by atoms with Crippen LogP contribution in [-0.2, 0) is 25.3 Å². The van der Waals surface area contributed by atoms with Gasteiger partial charge in [-0.05, 0) is 30.5 Å². The van der Waals surface area contributed by atoms with Crippen LogP contribution in [0.1, 0.15) is 18.4 Å². The Kier molecular flexibility index (Phi) is 5.44. The average Bonchev–Trinajstić information content (AvgIpc) is 3.07. The maximum absolute atomic E-state index is 12.8. The summed E-state index contributed by atoms with van der Waals surface area (Å²) in [5.74, 6) is -0.215. The molecule has 2 saturated heterocycles. The molecule has 0 bridgehead atoms. The molecule has 0 N–H and O–H groups in total. The predicted octanol–water partition coefficient (Wildman–Crippen LogP) is 1.49. The van der Waals surface area contributed by atoms with E-state index in [1.54, 1.807) is 29.2 Å². The van der Waals surface area contributed by atoms with Gasteiger partial charge in [-0.1, -0.05) is 23.7 Å². The van der Waals surface area contributed by atoms with Gasteiger partial charge in [0.2, 0.25) is 15.9 Å². The molecule has 1 aromatic carbocycles. The van der Waals surface area contributed by atoms with Crippen molar-refractivity contribution in [2.24, 2.45) is 0 Å². The lowest BCUT2D eigenvalue weighted by Gasteiger charge is -2.32. The van der Waals surface area contributed by atoms with Crippen LogP contribution in [0.4, 0.5) is 0 Å². The first-order chi connectivity index (χ1) is 11.5. The summed E-state index contributed by atoms with van der Waals surface area (Å²) < 4.78 is 32.2. The number of amides is 1. The summed E-state index contributed by atoms with van der Waals surface area (Å²) in [4.78, 5) is 14.4. The number of halogens is 1. The maximum atomic E-state index is 12.8. The van der Waals surface area contributed by atoms with Gasteiger partial charge in [0.1, 0.15) is 6.04 Å². The largest absolute Gasteiger partial charge is 0.378 e. The van der Waals surface area contributed by atoms with E-state index in [2.05, 4.69) is 0 Å². The number of ether oxygens (including phenoxy) is 1. The molecule has 3 rings (SSSR count). The van der Waals surface area contributed by atoms with E-state index in [4.69, 9.17) is 16.3 Å². The summed E-state index contributed by atoms with van der Waals surface area (Å²) in [6, 6.07) is 6.17. The van der Waals surface area contributed by atoms with Crippen LogP contribution in [0.2, 0.25) is 5.02 Å². The van der Waals surface area contributed by atoms with E-state index in [9.17, 15) is 13.2 Å². The van der Waals surface area contributed by atoms with Crippen molar-refractivity contribution in [1.29, 1.82) is 0 Å². The molecule has 1 aromatic rings. The molecule has 6 nitrogen and oxygen atoms in total. The molecule has 2 heterocycles. The SMILES string of the molecule is O=C([C@@H]1CCCN1S(=O)(=O)Cc1ccc(Cl)cc1)N1CCOCC1. The van der Waals surface area contributed by atoms with Gasteiger partial charge in [-0.3, -0.25) is 4.79 Å². The van der Waals surface area contributed by atoms with E-state index >= 15 is 0 Å². The smallest absolute Gasteiger partial charge is 0.241 e. The van der Waals surface area contributed by atoms with E-state index in [0.717, 1.165) is 0 Å². The first-order valence-corrected chi connectivity index (χ1v) is 10.1. The van der Waals surface area contributed by atoms with Crippen molar-refractivity contribution < 1.29 is 17.9 Å². The van der Waals surface area contributed by atoms with Crippen molar-refractivity contribution in [3.05, 3.63) is 34.9 Å². The number of sulfonamides is 1. The molecule has 0 spiro atoms. The fourth-order valence-electron chi connectivity index (χ4n) is 3.19. The fourth-order valence-corrected chi connectivity index (χ4v) is 5.08. The van der Waals surface area contributed by atoms with Gasteiger partial charge >= 0.3 is 0 Å². The highest BCUT2D eigenvalue weighted by atomic mass is 35.5. The van der Waals surface area contributed by atoms with E-state index in [1.807, 2.05) is 0 Å². The third-order valence-corrected chi connectivity index (χ3v) is 6.53. The summed E-state index contributed by atoms with van der Waals surface area (Å²) >= 11 is 5.84. The zero-order chi connectivity index (χ0) is 17.2. The Bertz CT molecular complexity index is 687. The Labute approximate surface area is 147 Å². The van der Waals surface area contributed by atoms with Crippen molar-refractivity contribution in [1.82, 2.24) is 9.21 Å². The number of hydrogen-bond acceptors (Lipinski definition) is 4. The summed E-state index contributed by atoms with van der Waals surface area (Å²) in [6.07, 6.45) is 1.29. The Morgan fingerprint density at radius 3 is 2.50 bits per heavy atom. The molecule has 1 atom stereocenters.